The fourth-order valence-electron chi connectivity index (χ4n) is 3.58. The monoisotopic (exact) mass is 481 g/mol. The maximum Gasteiger partial charge on any atom is 0.341 e. The Labute approximate surface area is 196 Å². The van der Waals surface area contributed by atoms with Crippen LogP contribution in [0.2, 0.25) is 0 Å². The largest absolute Gasteiger partial charge is 0.462 e. The number of aromatic nitrogens is 4. The topological polar surface area (TPSA) is 117 Å². The normalized spacial score (nSPS) is 11.4. The van der Waals surface area contributed by atoms with E-state index in [-0.39, 0.29) is 22.8 Å². The molecule has 34 heavy (non-hydrogen) atoms. The van der Waals surface area contributed by atoms with E-state index in [0.717, 1.165) is 4.31 Å². The summed E-state index contributed by atoms with van der Waals surface area (Å²) in [6.45, 7) is 3.54. The SMILES string of the molecule is CCOC(=O)c1cnc2c(c(C)nn2C)c1N(C)S(=O)(=O)c1ccc(Oc2ccncc2)cc1. The lowest BCUT2D eigenvalue weighted by molar-refractivity contribution is 0.0527. The van der Waals surface area contributed by atoms with Gasteiger partial charge in [-0.2, -0.15) is 5.10 Å². The van der Waals surface area contributed by atoms with Crippen LogP contribution in [0.3, 0.4) is 0 Å². The first-order valence-corrected chi connectivity index (χ1v) is 11.8. The van der Waals surface area contributed by atoms with Gasteiger partial charge in [0.2, 0.25) is 0 Å². The molecule has 0 radical (unpaired) electrons. The molecule has 4 rings (SSSR count). The van der Waals surface area contributed by atoms with Crippen molar-refractivity contribution in [2.75, 3.05) is 18.0 Å². The highest BCUT2D eigenvalue weighted by Crippen LogP contribution is 2.35. The van der Waals surface area contributed by atoms with E-state index in [1.54, 1.807) is 57.6 Å². The van der Waals surface area contributed by atoms with E-state index in [1.165, 1.54) is 30.1 Å². The van der Waals surface area contributed by atoms with Gasteiger partial charge in [-0.05, 0) is 50.2 Å². The zero-order valence-electron chi connectivity index (χ0n) is 19.1. The molecule has 1 aromatic carbocycles. The molecule has 0 fully saturated rings. The molecule has 0 aliphatic rings. The number of nitrogens with zero attached hydrogens (tertiary/aromatic N) is 5. The molecule has 176 valence electrons. The molecule has 0 saturated carbocycles. The first-order valence-electron chi connectivity index (χ1n) is 10.4. The number of fused-ring (bicyclic) bond motifs is 1. The summed E-state index contributed by atoms with van der Waals surface area (Å²) >= 11 is 0. The Hall–Kier alpha value is -3.99. The van der Waals surface area contributed by atoms with E-state index in [1.807, 2.05) is 0 Å². The van der Waals surface area contributed by atoms with Gasteiger partial charge < -0.3 is 9.47 Å². The Morgan fingerprint density at radius 1 is 1.09 bits per heavy atom. The summed E-state index contributed by atoms with van der Waals surface area (Å²) in [6.07, 6.45) is 4.51. The number of anilines is 1. The third kappa shape index (κ3) is 4.17. The summed E-state index contributed by atoms with van der Waals surface area (Å²) in [5, 5.41) is 4.80. The zero-order valence-corrected chi connectivity index (χ0v) is 19.9. The van der Waals surface area contributed by atoms with Crippen LogP contribution in [-0.4, -0.2) is 47.8 Å². The van der Waals surface area contributed by atoms with Crippen molar-refractivity contribution in [3.63, 3.8) is 0 Å². The summed E-state index contributed by atoms with van der Waals surface area (Å²) < 4.78 is 40.6. The number of aryl methyl sites for hydroxylation is 2. The average Bonchev–Trinajstić information content (AvgIpc) is 3.12. The van der Waals surface area contributed by atoms with Crippen molar-refractivity contribution in [3.8, 4) is 11.5 Å². The quantitative estimate of drug-likeness (QED) is 0.369. The number of hydrogen-bond acceptors (Lipinski definition) is 8. The molecule has 3 aromatic heterocycles. The molecule has 0 saturated heterocycles. The Balaban J connectivity index is 1.77. The molecular weight excluding hydrogens is 458 g/mol. The van der Waals surface area contributed by atoms with Crippen LogP contribution in [-0.2, 0) is 21.8 Å². The smallest absolute Gasteiger partial charge is 0.341 e. The lowest BCUT2D eigenvalue weighted by atomic mass is 10.1. The third-order valence-corrected chi connectivity index (χ3v) is 6.95. The minimum atomic E-state index is -4.06. The molecule has 0 N–H and O–H groups in total. The van der Waals surface area contributed by atoms with Gasteiger partial charge in [-0.15, -0.1) is 0 Å². The van der Waals surface area contributed by atoms with E-state index in [2.05, 4.69) is 15.1 Å². The number of sulfonamides is 1. The number of carbonyl (C=O) groups is 1. The first-order chi connectivity index (χ1) is 16.2. The zero-order chi connectivity index (χ0) is 24.5. The Kier molecular flexibility index (Phi) is 6.20. The van der Waals surface area contributed by atoms with E-state index in [9.17, 15) is 13.2 Å². The maximum absolute atomic E-state index is 13.6. The van der Waals surface area contributed by atoms with E-state index >= 15 is 0 Å². The van der Waals surface area contributed by atoms with Crippen molar-refractivity contribution in [3.05, 3.63) is 66.2 Å². The number of carbonyl (C=O) groups excluding carboxylic acids is 1. The number of rotatable bonds is 7. The van der Waals surface area contributed by atoms with Crippen LogP contribution >= 0.6 is 0 Å². The Bertz CT molecular complexity index is 1450. The summed E-state index contributed by atoms with van der Waals surface area (Å²) in [6, 6.07) is 9.40. The Morgan fingerprint density at radius 3 is 2.38 bits per heavy atom. The van der Waals surface area contributed by atoms with Crippen LogP contribution < -0.4 is 9.04 Å². The molecule has 0 bridgehead atoms. The fraction of sp³-hybridized carbons (Fsp3) is 0.217. The highest BCUT2D eigenvalue weighted by atomic mass is 32.2. The van der Waals surface area contributed by atoms with Gasteiger partial charge >= 0.3 is 5.97 Å². The minimum absolute atomic E-state index is 0.0263. The highest BCUT2D eigenvalue weighted by Gasteiger charge is 2.30. The van der Waals surface area contributed by atoms with Crippen LogP contribution in [0.4, 0.5) is 5.69 Å². The predicted molar refractivity (Wildman–Crippen MR) is 126 cm³/mol. The van der Waals surface area contributed by atoms with E-state index in [0.29, 0.717) is 28.2 Å². The van der Waals surface area contributed by atoms with Gasteiger partial charge in [0.15, 0.2) is 5.65 Å². The molecule has 0 aliphatic carbocycles. The van der Waals surface area contributed by atoms with Gasteiger partial charge in [-0.3, -0.25) is 14.0 Å². The molecule has 10 nitrogen and oxygen atoms in total. The first kappa shape index (κ1) is 23.2. The van der Waals surface area contributed by atoms with Gasteiger partial charge in [0, 0.05) is 32.7 Å². The van der Waals surface area contributed by atoms with Crippen LogP contribution in [0.15, 0.2) is 59.9 Å². The van der Waals surface area contributed by atoms with Gasteiger partial charge in [0.05, 0.1) is 28.3 Å². The second kappa shape index (κ2) is 9.10. The van der Waals surface area contributed by atoms with Crippen LogP contribution in [0.5, 0.6) is 11.5 Å². The van der Waals surface area contributed by atoms with Crippen molar-refractivity contribution in [1.82, 2.24) is 19.7 Å². The van der Waals surface area contributed by atoms with Gasteiger partial charge in [-0.25, -0.2) is 18.2 Å². The number of pyridine rings is 2. The minimum Gasteiger partial charge on any atom is -0.462 e. The van der Waals surface area contributed by atoms with Crippen LogP contribution in [0.1, 0.15) is 23.0 Å². The van der Waals surface area contributed by atoms with Crippen molar-refractivity contribution < 1.29 is 22.7 Å². The summed E-state index contributed by atoms with van der Waals surface area (Å²) in [5.74, 6) is 0.376. The summed E-state index contributed by atoms with van der Waals surface area (Å²) in [5.41, 5.74) is 1.18. The number of esters is 1. The number of hydrogen-bond donors (Lipinski definition) is 0. The summed E-state index contributed by atoms with van der Waals surface area (Å²) in [7, 11) is -0.966. The highest BCUT2D eigenvalue weighted by molar-refractivity contribution is 7.92. The second-order valence-corrected chi connectivity index (χ2v) is 9.35. The van der Waals surface area contributed by atoms with Crippen molar-refractivity contribution in [1.29, 1.82) is 0 Å². The molecule has 0 atom stereocenters. The van der Waals surface area contributed by atoms with E-state index < -0.39 is 16.0 Å². The van der Waals surface area contributed by atoms with Gasteiger partial charge in [0.25, 0.3) is 10.0 Å². The van der Waals surface area contributed by atoms with Crippen molar-refractivity contribution in [2.24, 2.45) is 7.05 Å². The van der Waals surface area contributed by atoms with Crippen LogP contribution in [0, 0.1) is 6.92 Å². The second-order valence-electron chi connectivity index (χ2n) is 7.38. The lowest BCUT2D eigenvalue weighted by Gasteiger charge is -2.23. The maximum atomic E-state index is 13.6. The van der Waals surface area contributed by atoms with Crippen LogP contribution in [0.25, 0.3) is 11.0 Å². The van der Waals surface area contributed by atoms with Gasteiger partial charge in [0.1, 0.15) is 17.1 Å². The molecule has 4 aromatic rings. The molecule has 0 aliphatic heterocycles. The number of ether oxygens (including phenoxy) is 2. The molecule has 0 spiro atoms. The standard InChI is InChI=1S/C23H23N5O5S/c1-5-32-23(29)19-14-25-22-20(15(2)26-27(22)3)21(19)28(4)34(30,31)18-8-6-16(7-9-18)33-17-10-12-24-13-11-17/h6-14H,5H2,1-4H3. The third-order valence-electron chi connectivity index (χ3n) is 5.18. The van der Waals surface area contributed by atoms with Crippen molar-refractivity contribution in [2.45, 2.75) is 18.7 Å². The lowest BCUT2D eigenvalue weighted by Crippen LogP contribution is -2.29. The van der Waals surface area contributed by atoms with Gasteiger partial charge in [-0.1, -0.05) is 0 Å². The van der Waals surface area contributed by atoms with Crippen molar-refractivity contribution >= 4 is 32.7 Å². The molecule has 11 heteroatoms. The fourth-order valence-corrected chi connectivity index (χ4v) is 4.80. The average molecular weight is 482 g/mol. The molecule has 0 unspecified atom stereocenters. The molecule has 3 heterocycles. The van der Waals surface area contributed by atoms with E-state index in [4.69, 9.17) is 9.47 Å². The summed E-state index contributed by atoms with van der Waals surface area (Å²) in [4.78, 5) is 21.0. The predicted octanol–water partition coefficient (Wildman–Crippen LogP) is 3.47. The number of benzene rings is 1. The molecular formula is C23H23N5O5S. The molecule has 0 amide bonds. The Morgan fingerprint density at radius 2 is 1.74 bits per heavy atom.